The number of carbonyl (C=O) groups excluding carboxylic acids is 3. The number of hydrogen-bond donors (Lipinski definition) is 2. The zero-order valence-corrected chi connectivity index (χ0v) is 26.8. The van der Waals surface area contributed by atoms with Crippen LogP contribution in [-0.2, 0) is 19.0 Å². The number of hydrogen-bond acceptors (Lipinski definition) is 6. The summed E-state index contributed by atoms with van der Waals surface area (Å²) in [7, 11) is 0. The van der Waals surface area contributed by atoms with Crippen molar-refractivity contribution in [3.05, 3.63) is 23.9 Å². The Morgan fingerprint density at radius 2 is 1.26 bits per heavy atom. The van der Waals surface area contributed by atoms with Crippen molar-refractivity contribution in [3.63, 3.8) is 0 Å². The lowest BCUT2D eigenvalue weighted by Crippen LogP contribution is -2.38. The first-order valence-corrected chi connectivity index (χ1v) is 16.5. The van der Waals surface area contributed by atoms with E-state index < -0.39 is 18.3 Å². The fourth-order valence-electron chi connectivity index (χ4n) is 4.88. The molecule has 0 fully saturated rings. The Morgan fingerprint density at radius 3 is 1.76 bits per heavy atom. The Balaban J connectivity index is 2.00. The SMILES string of the molecule is CCCCCCCCCCCCCCCCCCNC(=O)OCC(COC(=O)NCC1=CC=CCN1C(C)=O)OCC. The predicted molar refractivity (Wildman–Crippen MR) is 168 cm³/mol. The average molecular weight is 594 g/mol. The minimum atomic E-state index is -0.633. The van der Waals surface area contributed by atoms with Gasteiger partial charge in [0.05, 0.1) is 6.54 Å². The van der Waals surface area contributed by atoms with E-state index in [0.717, 1.165) is 12.8 Å². The van der Waals surface area contributed by atoms with Crippen LogP contribution < -0.4 is 10.6 Å². The Kier molecular flexibility index (Phi) is 23.3. The van der Waals surface area contributed by atoms with Crippen molar-refractivity contribution in [2.24, 2.45) is 0 Å². The van der Waals surface area contributed by atoms with Gasteiger partial charge in [0.1, 0.15) is 19.3 Å². The van der Waals surface area contributed by atoms with E-state index in [1.807, 2.05) is 19.1 Å². The van der Waals surface area contributed by atoms with Crippen LogP contribution in [0, 0.1) is 0 Å². The quantitative estimate of drug-likeness (QED) is 0.107. The van der Waals surface area contributed by atoms with Gasteiger partial charge in [0, 0.05) is 32.3 Å². The van der Waals surface area contributed by atoms with Crippen LogP contribution in [0.4, 0.5) is 9.59 Å². The van der Waals surface area contributed by atoms with Crippen molar-refractivity contribution in [1.82, 2.24) is 15.5 Å². The second kappa shape index (κ2) is 26.1. The van der Waals surface area contributed by atoms with Gasteiger partial charge < -0.3 is 29.7 Å². The highest BCUT2D eigenvalue weighted by Gasteiger charge is 2.18. The van der Waals surface area contributed by atoms with Crippen molar-refractivity contribution in [3.8, 4) is 0 Å². The molecule has 9 heteroatoms. The van der Waals surface area contributed by atoms with Gasteiger partial charge >= 0.3 is 12.2 Å². The molecule has 0 aliphatic carbocycles. The maximum atomic E-state index is 12.1. The molecule has 0 radical (unpaired) electrons. The molecule has 0 aromatic heterocycles. The van der Waals surface area contributed by atoms with Gasteiger partial charge in [-0.3, -0.25) is 4.79 Å². The zero-order chi connectivity index (χ0) is 30.7. The first-order valence-electron chi connectivity index (χ1n) is 16.5. The predicted octanol–water partition coefficient (Wildman–Crippen LogP) is 7.41. The number of unbranched alkanes of at least 4 members (excludes halogenated alkanes) is 15. The van der Waals surface area contributed by atoms with Crippen molar-refractivity contribution >= 4 is 18.1 Å². The third-order valence-electron chi connectivity index (χ3n) is 7.36. The smallest absolute Gasteiger partial charge is 0.407 e. The van der Waals surface area contributed by atoms with Crippen LogP contribution in [0.2, 0.25) is 0 Å². The lowest BCUT2D eigenvalue weighted by Gasteiger charge is -2.25. The van der Waals surface area contributed by atoms with E-state index >= 15 is 0 Å². The summed E-state index contributed by atoms with van der Waals surface area (Å²) >= 11 is 0. The third kappa shape index (κ3) is 20.3. The number of allylic oxidation sites excluding steroid dienone is 2. The molecule has 242 valence electrons. The Morgan fingerprint density at radius 1 is 0.762 bits per heavy atom. The number of amides is 3. The molecule has 1 unspecified atom stereocenters. The molecule has 9 nitrogen and oxygen atoms in total. The highest BCUT2D eigenvalue weighted by Crippen LogP contribution is 2.14. The maximum Gasteiger partial charge on any atom is 0.407 e. The lowest BCUT2D eigenvalue weighted by atomic mass is 10.0. The van der Waals surface area contributed by atoms with Gasteiger partial charge in [-0.25, -0.2) is 9.59 Å². The van der Waals surface area contributed by atoms with Gasteiger partial charge in [-0.15, -0.1) is 0 Å². The highest BCUT2D eigenvalue weighted by molar-refractivity contribution is 5.76. The monoisotopic (exact) mass is 593 g/mol. The van der Waals surface area contributed by atoms with Crippen LogP contribution in [-0.4, -0.2) is 68.6 Å². The molecule has 0 aromatic carbocycles. The molecule has 0 bridgehead atoms. The summed E-state index contributed by atoms with van der Waals surface area (Å²) in [5, 5.41) is 5.42. The van der Waals surface area contributed by atoms with Crippen molar-refractivity contribution in [1.29, 1.82) is 0 Å². The van der Waals surface area contributed by atoms with Crippen molar-refractivity contribution in [2.45, 2.75) is 130 Å². The van der Waals surface area contributed by atoms with E-state index in [0.29, 0.717) is 25.4 Å². The van der Waals surface area contributed by atoms with Gasteiger partial charge in [-0.2, -0.15) is 0 Å². The Hall–Kier alpha value is -2.55. The van der Waals surface area contributed by atoms with E-state index in [4.69, 9.17) is 14.2 Å². The summed E-state index contributed by atoms with van der Waals surface area (Å²) in [6.45, 7) is 7.12. The van der Waals surface area contributed by atoms with Crippen LogP contribution in [0.1, 0.15) is 124 Å². The second-order valence-electron chi connectivity index (χ2n) is 11.1. The topological polar surface area (TPSA) is 106 Å². The van der Waals surface area contributed by atoms with Crippen LogP contribution in [0.3, 0.4) is 0 Å². The second-order valence-corrected chi connectivity index (χ2v) is 11.1. The third-order valence-corrected chi connectivity index (χ3v) is 7.36. The van der Waals surface area contributed by atoms with Gasteiger partial charge in [0.2, 0.25) is 5.91 Å². The fraction of sp³-hybridized carbons (Fsp3) is 0.788. The highest BCUT2D eigenvalue weighted by atomic mass is 16.6. The summed E-state index contributed by atoms with van der Waals surface area (Å²) in [6, 6.07) is 0. The molecule has 42 heavy (non-hydrogen) atoms. The number of carbonyl (C=O) groups is 3. The van der Waals surface area contributed by atoms with E-state index in [2.05, 4.69) is 17.6 Å². The van der Waals surface area contributed by atoms with E-state index in [9.17, 15) is 14.4 Å². The minimum Gasteiger partial charge on any atom is -0.447 e. The summed E-state index contributed by atoms with van der Waals surface area (Å²) < 4.78 is 16.0. The van der Waals surface area contributed by atoms with E-state index in [-0.39, 0.29) is 25.7 Å². The van der Waals surface area contributed by atoms with Gasteiger partial charge in [0.15, 0.2) is 0 Å². The van der Waals surface area contributed by atoms with Crippen LogP contribution in [0.25, 0.3) is 0 Å². The number of nitrogens with one attached hydrogen (secondary N) is 2. The molecular weight excluding hydrogens is 534 g/mol. The molecule has 0 saturated heterocycles. The molecule has 1 aliphatic rings. The van der Waals surface area contributed by atoms with Gasteiger partial charge in [0.25, 0.3) is 0 Å². The largest absolute Gasteiger partial charge is 0.447 e. The molecule has 1 heterocycles. The summed E-state index contributed by atoms with van der Waals surface area (Å²) in [5.41, 5.74) is 0.688. The standard InChI is InChI=1S/C33H59N3O6/c1-4-6-7-8-9-10-11-12-13-14-15-16-17-18-19-21-24-34-32(38)41-27-31(40-5-2)28-42-33(39)35-26-30-23-20-22-25-36(30)29(3)37/h20,22-23,31H,4-19,21,24-28H2,1-3H3,(H,34,38)(H,35,39). The molecule has 3 amide bonds. The van der Waals surface area contributed by atoms with Gasteiger partial charge in [-0.1, -0.05) is 115 Å². The van der Waals surface area contributed by atoms with Crippen LogP contribution in [0.5, 0.6) is 0 Å². The maximum absolute atomic E-state index is 12.1. The minimum absolute atomic E-state index is 0.0139. The summed E-state index contributed by atoms with van der Waals surface area (Å²) in [6.07, 6.45) is 24.8. The first-order chi connectivity index (χ1) is 20.5. The normalized spacial score (nSPS) is 13.4. The van der Waals surface area contributed by atoms with Crippen LogP contribution in [0.15, 0.2) is 23.9 Å². The zero-order valence-electron chi connectivity index (χ0n) is 26.8. The Labute approximate surface area is 255 Å². The first kappa shape index (κ1) is 37.5. The van der Waals surface area contributed by atoms with E-state index in [1.54, 1.807) is 11.0 Å². The average Bonchev–Trinajstić information content (AvgIpc) is 2.99. The fourth-order valence-corrected chi connectivity index (χ4v) is 4.88. The van der Waals surface area contributed by atoms with E-state index in [1.165, 1.54) is 96.8 Å². The molecule has 1 atom stereocenters. The molecular formula is C33H59N3O6. The van der Waals surface area contributed by atoms with Gasteiger partial charge in [-0.05, 0) is 19.4 Å². The molecule has 0 spiro atoms. The molecule has 1 rings (SSSR count). The summed E-state index contributed by atoms with van der Waals surface area (Å²) in [4.78, 5) is 37.5. The number of nitrogens with zero attached hydrogens (tertiary/aromatic N) is 1. The Bertz CT molecular complexity index is 786. The van der Waals surface area contributed by atoms with Crippen LogP contribution >= 0.6 is 0 Å². The molecule has 1 aliphatic heterocycles. The number of alkyl carbamates (subject to hydrolysis) is 2. The lowest BCUT2D eigenvalue weighted by molar-refractivity contribution is -0.126. The number of rotatable bonds is 25. The number of ether oxygens (including phenoxy) is 3. The molecule has 0 saturated carbocycles. The van der Waals surface area contributed by atoms with Crippen molar-refractivity contribution < 1.29 is 28.6 Å². The molecule has 2 N–H and O–H groups in total. The van der Waals surface area contributed by atoms with Crippen molar-refractivity contribution in [2.75, 3.05) is 39.5 Å². The summed E-state index contributed by atoms with van der Waals surface area (Å²) in [5.74, 6) is -0.0950. The molecule has 0 aromatic rings.